The third-order valence-corrected chi connectivity index (χ3v) is 5.61. The molecule has 0 bridgehead atoms. The molecule has 0 radical (unpaired) electrons. The van der Waals surface area contributed by atoms with E-state index in [0.717, 1.165) is 5.56 Å². The van der Waals surface area contributed by atoms with Crippen LogP contribution in [0, 0.1) is 11.8 Å². The van der Waals surface area contributed by atoms with Gasteiger partial charge in [-0.2, -0.15) is 0 Å². The molecule has 32 heavy (non-hydrogen) atoms. The number of nitrogens with one attached hydrogen (secondary N) is 3. The molecule has 170 valence electrons. The summed E-state index contributed by atoms with van der Waals surface area (Å²) in [7, 11) is 0. The van der Waals surface area contributed by atoms with E-state index in [1.54, 1.807) is 23.2 Å². The molecule has 1 aliphatic heterocycles. The Morgan fingerprint density at radius 2 is 1.72 bits per heavy atom. The monoisotopic (exact) mass is 437 g/mol. The number of aromatic nitrogens is 1. The standard InChI is InChI=1S/C24H31N5O3/c1-17(2)21(28-24(32)26-16-18-8-4-3-5-9-18)23(31)29-14-11-19(12-15-29)22(30)27-20-10-6-7-13-25-20/h3-10,13,17,19,21H,11-12,14-16H2,1-2H3,(H,25,27,30)(H2,26,28,32). The van der Waals surface area contributed by atoms with Crippen molar-refractivity contribution in [3.05, 3.63) is 60.3 Å². The average Bonchev–Trinajstić information content (AvgIpc) is 2.82. The number of carbonyl (C=O) groups excluding carboxylic acids is 3. The Kier molecular flexibility index (Phi) is 8.19. The van der Waals surface area contributed by atoms with Gasteiger partial charge in [0, 0.05) is 31.7 Å². The Hall–Kier alpha value is -3.42. The van der Waals surface area contributed by atoms with Gasteiger partial charge in [-0.25, -0.2) is 9.78 Å². The van der Waals surface area contributed by atoms with Crippen molar-refractivity contribution in [3.8, 4) is 0 Å². The molecular formula is C24H31N5O3. The topological polar surface area (TPSA) is 103 Å². The number of hydrogen-bond donors (Lipinski definition) is 3. The molecule has 0 aliphatic carbocycles. The number of likely N-dealkylation sites (tertiary alicyclic amines) is 1. The van der Waals surface area contributed by atoms with Gasteiger partial charge in [0.2, 0.25) is 11.8 Å². The predicted octanol–water partition coefficient (Wildman–Crippen LogP) is 2.78. The second-order valence-corrected chi connectivity index (χ2v) is 8.34. The minimum atomic E-state index is -0.621. The highest BCUT2D eigenvalue weighted by Crippen LogP contribution is 2.20. The van der Waals surface area contributed by atoms with Gasteiger partial charge in [0.1, 0.15) is 11.9 Å². The van der Waals surface area contributed by atoms with E-state index >= 15 is 0 Å². The third kappa shape index (κ3) is 6.54. The van der Waals surface area contributed by atoms with Crippen molar-refractivity contribution in [1.29, 1.82) is 0 Å². The van der Waals surface area contributed by atoms with Crippen LogP contribution < -0.4 is 16.0 Å². The number of hydrogen-bond acceptors (Lipinski definition) is 4. The highest BCUT2D eigenvalue weighted by Gasteiger charge is 2.33. The molecule has 8 heteroatoms. The van der Waals surface area contributed by atoms with E-state index in [-0.39, 0.29) is 29.7 Å². The highest BCUT2D eigenvalue weighted by atomic mass is 16.2. The lowest BCUT2D eigenvalue weighted by molar-refractivity contribution is -0.137. The van der Waals surface area contributed by atoms with E-state index in [0.29, 0.717) is 38.3 Å². The fourth-order valence-corrected chi connectivity index (χ4v) is 3.71. The van der Waals surface area contributed by atoms with Gasteiger partial charge in [0.15, 0.2) is 0 Å². The van der Waals surface area contributed by atoms with E-state index in [1.807, 2.05) is 50.2 Å². The molecule has 8 nitrogen and oxygen atoms in total. The van der Waals surface area contributed by atoms with Gasteiger partial charge in [0.25, 0.3) is 0 Å². The van der Waals surface area contributed by atoms with Crippen molar-refractivity contribution in [2.45, 2.75) is 39.3 Å². The minimum absolute atomic E-state index is 0.0600. The highest BCUT2D eigenvalue weighted by molar-refractivity contribution is 5.92. The zero-order chi connectivity index (χ0) is 22.9. The second kappa shape index (κ2) is 11.3. The first-order chi connectivity index (χ1) is 15.4. The molecule has 1 unspecified atom stereocenters. The van der Waals surface area contributed by atoms with Crippen LogP contribution in [0.25, 0.3) is 0 Å². The first-order valence-corrected chi connectivity index (χ1v) is 11.0. The maximum absolute atomic E-state index is 13.1. The van der Waals surface area contributed by atoms with Gasteiger partial charge < -0.3 is 20.9 Å². The Labute approximate surface area is 188 Å². The van der Waals surface area contributed by atoms with Gasteiger partial charge in [-0.05, 0) is 36.5 Å². The van der Waals surface area contributed by atoms with E-state index < -0.39 is 6.04 Å². The largest absolute Gasteiger partial charge is 0.341 e. The first kappa shape index (κ1) is 23.2. The van der Waals surface area contributed by atoms with Crippen LogP contribution in [0.3, 0.4) is 0 Å². The first-order valence-electron chi connectivity index (χ1n) is 11.0. The van der Waals surface area contributed by atoms with Crippen LogP contribution in [0.1, 0.15) is 32.3 Å². The molecule has 1 aliphatic rings. The minimum Gasteiger partial charge on any atom is -0.341 e. The Morgan fingerprint density at radius 1 is 1.03 bits per heavy atom. The number of rotatable bonds is 7. The predicted molar refractivity (Wildman–Crippen MR) is 123 cm³/mol. The van der Waals surface area contributed by atoms with Gasteiger partial charge in [-0.1, -0.05) is 50.2 Å². The summed E-state index contributed by atoms with van der Waals surface area (Å²) in [4.78, 5) is 43.8. The number of carbonyl (C=O) groups is 3. The van der Waals surface area contributed by atoms with Crippen LogP contribution in [0.15, 0.2) is 54.7 Å². The van der Waals surface area contributed by atoms with Crippen LogP contribution in [-0.4, -0.2) is 46.9 Å². The van der Waals surface area contributed by atoms with Crippen molar-refractivity contribution in [2.24, 2.45) is 11.8 Å². The van der Waals surface area contributed by atoms with Crippen molar-refractivity contribution in [1.82, 2.24) is 20.5 Å². The summed E-state index contributed by atoms with van der Waals surface area (Å²) in [5, 5.41) is 8.46. The molecule has 2 heterocycles. The smallest absolute Gasteiger partial charge is 0.315 e. The maximum atomic E-state index is 13.1. The zero-order valence-corrected chi connectivity index (χ0v) is 18.6. The maximum Gasteiger partial charge on any atom is 0.315 e. The zero-order valence-electron chi connectivity index (χ0n) is 18.6. The summed E-state index contributed by atoms with van der Waals surface area (Å²) < 4.78 is 0. The van der Waals surface area contributed by atoms with Crippen LogP contribution in [0.5, 0.6) is 0 Å². The molecular weight excluding hydrogens is 406 g/mol. The van der Waals surface area contributed by atoms with Crippen LogP contribution in [-0.2, 0) is 16.1 Å². The van der Waals surface area contributed by atoms with Gasteiger partial charge >= 0.3 is 6.03 Å². The fraction of sp³-hybridized carbons (Fsp3) is 0.417. The SMILES string of the molecule is CC(C)C(NC(=O)NCc1ccccc1)C(=O)N1CCC(C(=O)Nc2ccccn2)CC1. The van der Waals surface area contributed by atoms with Crippen molar-refractivity contribution in [3.63, 3.8) is 0 Å². The number of urea groups is 1. The third-order valence-electron chi connectivity index (χ3n) is 5.61. The number of nitrogens with zero attached hydrogens (tertiary/aromatic N) is 2. The molecule has 1 aromatic carbocycles. The lowest BCUT2D eigenvalue weighted by atomic mass is 9.94. The summed E-state index contributed by atoms with van der Waals surface area (Å²) in [6.45, 7) is 5.17. The quantitative estimate of drug-likeness (QED) is 0.620. The number of benzene rings is 1. The Bertz CT molecular complexity index is 896. The lowest BCUT2D eigenvalue weighted by Gasteiger charge is -2.35. The summed E-state index contributed by atoms with van der Waals surface area (Å²) >= 11 is 0. The van der Waals surface area contributed by atoms with E-state index in [9.17, 15) is 14.4 Å². The van der Waals surface area contributed by atoms with E-state index in [2.05, 4.69) is 20.9 Å². The lowest BCUT2D eigenvalue weighted by Crippen LogP contribution is -2.55. The Morgan fingerprint density at radius 3 is 2.34 bits per heavy atom. The van der Waals surface area contributed by atoms with Gasteiger partial charge in [-0.15, -0.1) is 0 Å². The summed E-state index contributed by atoms with van der Waals surface area (Å²) in [6, 6.07) is 14.0. The molecule has 4 amide bonds. The van der Waals surface area contributed by atoms with Crippen LogP contribution in [0.2, 0.25) is 0 Å². The van der Waals surface area contributed by atoms with Crippen molar-refractivity contribution in [2.75, 3.05) is 18.4 Å². The normalized spacial score (nSPS) is 15.2. The second-order valence-electron chi connectivity index (χ2n) is 8.34. The van der Waals surface area contributed by atoms with Gasteiger partial charge in [0.05, 0.1) is 0 Å². The number of pyridine rings is 1. The Balaban J connectivity index is 1.48. The van der Waals surface area contributed by atoms with Crippen LogP contribution >= 0.6 is 0 Å². The van der Waals surface area contributed by atoms with Gasteiger partial charge in [-0.3, -0.25) is 9.59 Å². The number of anilines is 1. The van der Waals surface area contributed by atoms with Crippen molar-refractivity contribution >= 4 is 23.7 Å². The summed E-state index contributed by atoms with van der Waals surface area (Å²) in [5.41, 5.74) is 0.987. The molecule has 1 fully saturated rings. The molecule has 1 saturated heterocycles. The number of piperidine rings is 1. The number of amides is 4. The fourth-order valence-electron chi connectivity index (χ4n) is 3.71. The van der Waals surface area contributed by atoms with Crippen LogP contribution in [0.4, 0.5) is 10.6 Å². The molecule has 3 N–H and O–H groups in total. The molecule has 2 aromatic rings. The molecule has 1 atom stereocenters. The van der Waals surface area contributed by atoms with E-state index in [4.69, 9.17) is 0 Å². The molecule has 3 rings (SSSR count). The molecule has 1 aromatic heterocycles. The van der Waals surface area contributed by atoms with Crippen molar-refractivity contribution < 1.29 is 14.4 Å². The molecule has 0 saturated carbocycles. The summed E-state index contributed by atoms with van der Waals surface area (Å²) in [5.74, 6) is 0.116. The molecule has 0 spiro atoms. The summed E-state index contributed by atoms with van der Waals surface area (Å²) in [6.07, 6.45) is 2.79. The average molecular weight is 438 g/mol. The van der Waals surface area contributed by atoms with E-state index in [1.165, 1.54) is 0 Å².